The highest BCUT2D eigenvalue weighted by molar-refractivity contribution is 7.18. The smallest absolute Gasteiger partial charge is 0.119 e. The lowest BCUT2D eigenvalue weighted by atomic mass is 9.85. The Morgan fingerprint density at radius 3 is 2.83 bits per heavy atom. The maximum absolute atomic E-state index is 9.66. The standard InChI is InChI=1S/C24H29N3O2S/c28-13-12-27-19-10-11-24(27,17-29-20-6-2-1-3-7-20)15-18(14-19)25-16-23-26-21-8-4-5-9-22(21)30-23/h1-9,18-19,25,28H,10-17H2. The first-order valence-electron chi connectivity index (χ1n) is 10.9. The van der Waals surface area contributed by atoms with Gasteiger partial charge in [0.25, 0.3) is 0 Å². The van der Waals surface area contributed by atoms with Gasteiger partial charge in [-0.2, -0.15) is 0 Å². The lowest BCUT2D eigenvalue weighted by Crippen LogP contribution is -2.60. The van der Waals surface area contributed by atoms with Crippen LogP contribution in [0.5, 0.6) is 5.75 Å². The fourth-order valence-corrected chi connectivity index (χ4v) is 6.23. The Morgan fingerprint density at radius 1 is 1.17 bits per heavy atom. The maximum atomic E-state index is 9.66. The zero-order chi connectivity index (χ0) is 20.4. The lowest BCUT2D eigenvalue weighted by Gasteiger charge is -2.47. The third-order valence-electron chi connectivity index (χ3n) is 6.65. The number of nitrogens with zero attached hydrogens (tertiary/aromatic N) is 2. The predicted molar refractivity (Wildman–Crippen MR) is 121 cm³/mol. The van der Waals surface area contributed by atoms with E-state index in [0.29, 0.717) is 18.7 Å². The van der Waals surface area contributed by atoms with E-state index in [1.165, 1.54) is 11.1 Å². The largest absolute Gasteiger partial charge is 0.492 e. The molecule has 158 valence electrons. The quantitative estimate of drug-likeness (QED) is 0.577. The number of ether oxygens (including phenoxy) is 1. The molecule has 2 aliphatic rings. The second kappa shape index (κ2) is 8.63. The van der Waals surface area contributed by atoms with Gasteiger partial charge in [-0.1, -0.05) is 30.3 Å². The highest BCUT2D eigenvalue weighted by atomic mass is 32.1. The molecule has 6 heteroatoms. The van der Waals surface area contributed by atoms with Gasteiger partial charge in [0.2, 0.25) is 0 Å². The molecule has 3 heterocycles. The van der Waals surface area contributed by atoms with Crippen LogP contribution in [0.15, 0.2) is 54.6 Å². The Hall–Kier alpha value is -1.99. The van der Waals surface area contributed by atoms with Crippen LogP contribution in [0.4, 0.5) is 0 Å². The molecule has 0 radical (unpaired) electrons. The van der Waals surface area contributed by atoms with E-state index in [4.69, 9.17) is 9.72 Å². The molecule has 5 nitrogen and oxygen atoms in total. The van der Waals surface area contributed by atoms with Crippen molar-refractivity contribution in [2.24, 2.45) is 0 Å². The average Bonchev–Trinajstić information content (AvgIpc) is 3.28. The molecule has 0 spiro atoms. The number of aromatic nitrogens is 1. The number of fused-ring (bicyclic) bond motifs is 3. The molecule has 0 saturated carbocycles. The summed E-state index contributed by atoms with van der Waals surface area (Å²) in [6.45, 7) is 2.42. The third kappa shape index (κ3) is 3.97. The van der Waals surface area contributed by atoms with Crippen LogP contribution in [0.25, 0.3) is 10.2 Å². The van der Waals surface area contributed by atoms with E-state index < -0.39 is 0 Å². The van der Waals surface area contributed by atoms with E-state index in [-0.39, 0.29) is 12.1 Å². The molecule has 2 aromatic carbocycles. The van der Waals surface area contributed by atoms with Gasteiger partial charge in [-0.05, 0) is 49.9 Å². The van der Waals surface area contributed by atoms with E-state index in [1.54, 1.807) is 11.3 Å². The Balaban J connectivity index is 1.28. The van der Waals surface area contributed by atoms with Crippen LogP contribution in [0.2, 0.25) is 0 Å². The maximum Gasteiger partial charge on any atom is 0.119 e. The van der Waals surface area contributed by atoms with Gasteiger partial charge in [0, 0.05) is 25.2 Å². The van der Waals surface area contributed by atoms with Crippen molar-refractivity contribution in [3.8, 4) is 5.75 Å². The summed E-state index contributed by atoms with van der Waals surface area (Å²) in [6.07, 6.45) is 4.47. The average molecular weight is 424 g/mol. The number of thiazole rings is 1. The van der Waals surface area contributed by atoms with Crippen LogP contribution in [0.3, 0.4) is 0 Å². The van der Waals surface area contributed by atoms with Crippen LogP contribution in [-0.2, 0) is 6.54 Å². The number of benzene rings is 2. The fraction of sp³-hybridized carbons (Fsp3) is 0.458. The van der Waals surface area contributed by atoms with Gasteiger partial charge in [-0.3, -0.25) is 4.90 Å². The molecule has 1 aromatic heterocycles. The summed E-state index contributed by atoms with van der Waals surface area (Å²) in [5, 5.41) is 14.6. The number of nitrogens with one attached hydrogen (secondary N) is 1. The van der Waals surface area contributed by atoms with E-state index in [9.17, 15) is 5.11 Å². The summed E-state index contributed by atoms with van der Waals surface area (Å²) >= 11 is 1.78. The van der Waals surface area contributed by atoms with E-state index in [0.717, 1.165) is 48.6 Å². The van der Waals surface area contributed by atoms with Crippen molar-refractivity contribution in [3.63, 3.8) is 0 Å². The molecule has 0 aliphatic carbocycles. The topological polar surface area (TPSA) is 57.6 Å². The fourth-order valence-electron chi connectivity index (χ4n) is 5.32. The SMILES string of the molecule is OCCN1C2CCC1(COc1ccccc1)CC(NCc1nc3ccccc3s1)C2. The van der Waals surface area contributed by atoms with Crippen LogP contribution in [0, 0.1) is 0 Å². The first kappa shape index (κ1) is 19.9. The number of hydrogen-bond acceptors (Lipinski definition) is 6. The van der Waals surface area contributed by atoms with Crippen LogP contribution < -0.4 is 10.1 Å². The first-order chi connectivity index (χ1) is 14.8. The predicted octanol–water partition coefficient (Wildman–Crippen LogP) is 3.82. The Bertz CT molecular complexity index is 946. The van der Waals surface area contributed by atoms with Crippen molar-refractivity contribution < 1.29 is 9.84 Å². The van der Waals surface area contributed by atoms with Gasteiger partial charge in [0.05, 0.1) is 22.4 Å². The minimum Gasteiger partial charge on any atom is -0.492 e. The molecule has 2 N–H and O–H groups in total. The van der Waals surface area contributed by atoms with E-state index >= 15 is 0 Å². The molecule has 0 amide bonds. The monoisotopic (exact) mass is 423 g/mol. The number of hydrogen-bond donors (Lipinski definition) is 2. The minimum atomic E-state index is -0.00720. The molecule has 2 aliphatic heterocycles. The van der Waals surface area contributed by atoms with Crippen LogP contribution in [0.1, 0.15) is 30.7 Å². The highest BCUT2D eigenvalue weighted by Crippen LogP contribution is 2.44. The van der Waals surface area contributed by atoms with Crippen molar-refractivity contribution in [1.82, 2.24) is 15.2 Å². The van der Waals surface area contributed by atoms with Gasteiger partial charge in [-0.15, -0.1) is 11.3 Å². The van der Waals surface area contributed by atoms with E-state index in [2.05, 4.69) is 28.4 Å². The zero-order valence-corrected chi connectivity index (χ0v) is 18.0. The number of rotatable bonds is 8. The Labute approximate surface area is 181 Å². The molecule has 2 saturated heterocycles. The van der Waals surface area contributed by atoms with Crippen molar-refractivity contribution in [3.05, 3.63) is 59.6 Å². The molecular weight excluding hydrogens is 394 g/mol. The number of aliphatic hydroxyl groups excluding tert-OH is 1. The van der Waals surface area contributed by atoms with Crippen molar-refractivity contribution >= 4 is 21.6 Å². The minimum absolute atomic E-state index is 0.00720. The molecular formula is C24H29N3O2S. The zero-order valence-electron chi connectivity index (χ0n) is 17.2. The summed E-state index contributed by atoms with van der Waals surface area (Å²) in [4.78, 5) is 7.30. The Morgan fingerprint density at radius 2 is 2.00 bits per heavy atom. The van der Waals surface area contributed by atoms with Gasteiger partial charge < -0.3 is 15.2 Å². The van der Waals surface area contributed by atoms with Gasteiger partial charge in [0.1, 0.15) is 17.4 Å². The number of β-amino-alcohol motifs (C(OH)–C–C–N with tert-alkyl or cyclic N) is 1. The van der Waals surface area contributed by atoms with Crippen molar-refractivity contribution in [2.75, 3.05) is 19.8 Å². The summed E-state index contributed by atoms with van der Waals surface area (Å²) in [7, 11) is 0. The summed E-state index contributed by atoms with van der Waals surface area (Å²) in [5.74, 6) is 0.920. The van der Waals surface area contributed by atoms with Gasteiger partial charge in [0.15, 0.2) is 0 Å². The summed E-state index contributed by atoms with van der Waals surface area (Å²) in [6, 6.07) is 19.4. The summed E-state index contributed by atoms with van der Waals surface area (Å²) in [5.41, 5.74) is 1.08. The highest BCUT2D eigenvalue weighted by Gasteiger charge is 2.51. The molecule has 2 fully saturated rings. The first-order valence-corrected chi connectivity index (χ1v) is 11.7. The van der Waals surface area contributed by atoms with Crippen LogP contribution in [-0.4, -0.2) is 52.4 Å². The number of piperidine rings is 1. The van der Waals surface area contributed by atoms with E-state index in [1.807, 2.05) is 36.4 Å². The number of aliphatic hydroxyl groups is 1. The molecule has 2 bridgehead atoms. The second-order valence-corrected chi connectivity index (χ2v) is 9.64. The molecule has 3 unspecified atom stereocenters. The molecule has 30 heavy (non-hydrogen) atoms. The second-order valence-electron chi connectivity index (χ2n) is 8.53. The van der Waals surface area contributed by atoms with Crippen LogP contribution >= 0.6 is 11.3 Å². The normalized spacial score (nSPS) is 26.3. The Kier molecular flexibility index (Phi) is 5.74. The van der Waals surface area contributed by atoms with Gasteiger partial charge in [-0.25, -0.2) is 4.98 Å². The molecule has 3 aromatic rings. The molecule has 3 atom stereocenters. The van der Waals surface area contributed by atoms with Crippen molar-refractivity contribution in [2.45, 2.75) is 49.9 Å². The number of para-hydroxylation sites is 2. The lowest BCUT2D eigenvalue weighted by molar-refractivity contribution is -0.00712. The summed E-state index contributed by atoms with van der Waals surface area (Å²) < 4.78 is 7.48. The third-order valence-corrected chi connectivity index (χ3v) is 7.68. The van der Waals surface area contributed by atoms with Crippen molar-refractivity contribution in [1.29, 1.82) is 0 Å². The van der Waals surface area contributed by atoms with Gasteiger partial charge >= 0.3 is 0 Å². The molecule has 5 rings (SSSR count).